The van der Waals surface area contributed by atoms with Crippen molar-refractivity contribution < 1.29 is 4.74 Å². The van der Waals surface area contributed by atoms with E-state index in [2.05, 4.69) is 10.6 Å². The van der Waals surface area contributed by atoms with Gasteiger partial charge in [0.05, 0.1) is 12.3 Å². The predicted octanol–water partition coefficient (Wildman–Crippen LogP) is 0.322. The summed E-state index contributed by atoms with van der Waals surface area (Å²) in [5, 5.41) is 6.48. The zero-order valence-corrected chi connectivity index (χ0v) is 7.44. The largest absolute Gasteiger partial charge is 0.357 e. The highest BCUT2D eigenvalue weighted by Crippen LogP contribution is 2.21. The van der Waals surface area contributed by atoms with E-state index in [4.69, 9.17) is 4.74 Å². The minimum Gasteiger partial charge on any atom is -0.357 e. The van der Waals surface area contributed by atoms with Crippen LogP contribution in [0.1, 0.15) is 20.3 Å². The van der Waals surface area contributed by atoms with E-state index in [-0.39, 0.29) is 5.60 Å². The van der Waals surface area contributed by atoms with Gasteiger partial charge in [0.1, 0.15) is 0 Å². The molecule has 11 heavy (non-hydrogen) atoms. The van der Waals surface area contributed by atoms with Gasteiger partial charge in [0.2, 0.25) is 0 Å². The van der Waals surface area contributed by atoms with Crippen molar-refractivity contribution >= 4 is 0 Å². The smallest absolute Gasteiger partial charge is 0.0975 e. The van der Waals surface area contributed by atoms with E-state index in [9.17, 15) is 0 Å². The first-order chi connectivity index (χ1) is 5.41. The summed E-state index contributed by atoms with van der Waals surface area (Å²) in [5.41, 5.74) is 0.167. The summed E-state index contributed by atoms with van der Waals surface area (Å²) in [4.78, 5) is 0. The third kappa shape index (κ3) is 1.92. The number of hydrogen-bond acceptors (Lipinski definition) is 3. The van der Waals surface area contributed by atoms with Crippen LogP contribution in [0.5, 0.6) is 0 Å². The van der Waals surface area contributed by atoms with Crippen LogP contribution in [-0.2, 0) is 4.74 Å². The van der Waals surface area contributed by atoms with Gasteiger partial charge in [0.15, 0.2) is 0 Å². The van der Waals surface area contributed by atoms with Crippen molar-refractivity contribution in [3.63, 3.8) is 0 Å². The summed E-state index contributed by atoms with van der Waals surface area (Å²) < 4.78 is 5.53. The van der Waals surface area contributed by atoms with Crippen molar-refractivity contribution in [3.05, 3.63) is 0 Å². The standard InChI is InChI=1S/C6H12N2O.C2H6/c1-2-7-3-6(1)4-8-5-9-6;1-2/h7-8H,1-5H2;1-2H3. The summed E-state index contributed by atoms with van der Waals surface area (Å²) >= 11 is 0. The zero-order valence-electron chi connectivity index (χ0n) is 7.44. The van der Waals surface area contributed by atoms with Gasteiger partial charge < -0.3 is 10.1 Å². The summed E-state index contributed by atoms with van der Waals surface area (Å²) in [6.07, 6.45) is 1.17. The molecule has 0 aliphatic carbocycles. The minimum atomic E-state index is 0.167. The van der Waals surface area contributed by atoms with Crippen LogP contribution < -0.4 is 10.6 Å². The number of nitrogens with one attached hydrogen (secondary N) is 2. The molecule has 1 atom stereocenters. The van der Waals surface area contributed by atoms with Gasteiger partial charge in [0.25, 0.3) is 0 Å². The van der Waals surface area contributed by atoms with Gasteiger partial charge in [-0.3, -0.25) is 5.32 Å². The first kappa shape index (κ1) is 8.97. The molecule has 2 aliphatic rings. The van der Waals surface area contributed by atoms with E-state index in [0.29, 0.717) is 0 Å². The normalized spacial score (nSPS) is 35.5. The molecule has 3 heteroatoms. The van der Waals surface area contributed by atoms with Crippen LogP contribution >= 0.6 is 0 Å². The monoisotopic (exact) mass is 158 g/mol. The second-order valence-corrected chi connectivity index (χ2v) is 2.83. The molecule has 2 rings (SSSR count). The summed E-state index contributed by atoms with van der Waals surface area (Å²) in [6, 6.07) is 0. The Hall–Kier alpha value is -0.120. The third-order valence-electron chi connectivity index (χ3n) is 2.13. The van der Waals surface area contributed by atoms with Crippen LogP contribution in [0, 0.1) is 0 Å². The third-order valence-corrected chi connectivity index (χ3v) is 2.13. The molecule has 2 fully saturated rings. The fourth-order valence-electron chi connectivity index (χ4n) is 1.53. The Kier molecular flexibility index (Phi) is 3.30. The Balaban J connectivity index is 0.000000281. The van der Waals surface area contributed by atoms with Crippen LogP contribution in [0.2, 0.25) is 0 Å². The Morgan fingerprint density at radius 1 is 1.18 bits per heavy atom. The summed E-state index contributed by atoms with van der Waals surface area (Å²) in [7, 11) is 0. The molecule has 0 aromatic rings. The lowest BCUT2D eigenvalue weighted by Gasteiger charge is -2.18. The molecule has 2 heterocycles. The topological polar surface area (TPSA) is 33.3 Å². The maximum atomic E-state index is 5.53. The lowest BCUT2D eigenvalue weighted by atomic mass is 10.1. The first-order valence-corrected chi connectivity index (χ1v) is 4.47. The van der Waals surface area contributed by atoms with Crippen molar-refractivity contribution in [2.75, 3.05) is 26.4 Å². The molecule has 0 aromatic heterocycles. The zero-order chi connectivity index (χ0) is 8.16. The van der Waals surface area contributed by atoms with Gasteiger partial charge in [-0.05, 0) is 13.0 Å². The van der Waals surface area contributed by atoms with Gasteiger partial charge in [-0.1, -0.05) is 13.8 Å². The van der Waals surface area contributed by atoms with E-state index < -0.39 is 0 Å². The fourth-order valence-corrected chi connectivity index (χ4v) is 1.53. The Bertz CT molecular complexity index is 87.1. The second kappa shape index (κ2) is 4.04. The average Bonchev–Trinajstić information content (AvgIpc) is 2.69. The van der Waals surface area contributed by atoms with Crippen molar-refractivity contribution in [3.8, 4) is 0 Å². The van der Waals surface area contributed by atoms with Crippen molar-refractivity contribution in [1.29, 1.82) is 0 Å². The van der Waals surface area contributed by atoms with Gasteiger partial charge in [0, 0.05) is 13.1 Å². The molecule has 1 unspecified atom stereocenters. The van der Waals surface area contributed by atoms with E-state index in [1.807, 2.05) is 13.8 Å². The summed E-state index contributed by atoms with van der Waals surface area (Å²) in [6.45, 7) is 7.91. The molecule has 2 aliphatic heterocycles. The minimum absolute atomic E-state index is 0.167. The van der Waals surface area contributed by atoms with Crippen molar-refractivity contribution in [2.24, 2.45) is 0 Å². The molecule has 66 valence electrons. The molecule has 2 saturated heterocycles. The highest BCUT2D eigenvalue weighted by Gasteiger charge is 2.37. The molecule has 0 bridgehead atoms. The van der Waals surface area contributed by atoms with Crippen LogP contribution in [0.15, 0.2) is 0 Å². The highest BCUT2D eigenvalue weighted by molar-refractivity contribution is 4.93. The van der Waals surface area contributed by atoms with E-state index >= 15 is 0 Å². The molecule has 0 aromatic carbocycles. The molecular weight excluding hydrogens is 140 g/mol. The molecule has 0 saturated carbocycles. The second-order valence-electron chi connectivity index (χ2n) is 2.83. The Morgan fingerprint density at radius 2 is 1.91 bits per heavy atom. The van der Waals surface area contributed by atoms with Crippen LogP contribution in [0.3, 0.4) is 0 Å². The molecule has 3 nitrogen and oxygen atoms in total. The fraction of sp³-hybridized carbons (Fsp3) is 1.00. The lowest BCUT2D eigenvalue weighted by molar-refractivity contribution is 0.0279. The Morgan fingerprint density at radius 3 is 2.36 bits per heavy atom. The average molecular weight is 158 g/mol. The van der Waals surface area contributed by atoms with Gasteiger partial charge in [-0.15, -0.1) is 0 Å². The molecule has 0 amide bonds. The quantitative estimate of drug-likeness (QED) is 0.533. The first-order valence-electron chi connectivity index (χ1n) is 4.47. The SMILES string of the molecule is C1CC2(CN1)CNCO2.CC. The van der Waals surface area contributed by atoms with Crippen LogP contribution in [-0.4, -0.2) is 32.0 Å². The molecular formula is C8H18N2O. The number of hydrogen-bond donors (Lipinski definition) is 2. The van der Waals surface area contributed by atoms with Gasteiger partial charge in [-0.2, -0.15) is 0 Å². The van der Waals surface area contributed by atoms with E-state index in [0.717, 1.165) is 26.4 Å². The molecule has 2 N–H and O–H groups in total. The number of rotatable bonds is 0. The van der Waals surface area contributed by atoms with E-state index in [1.54, 1.807) is 0 Å². The van der Waals surface area contributed by atoms with Crippen molar-refractivity contribution in [2.45, 2.75) is 25.9 Å². The summed E-state index contributed by atoms with van der Waals surface area (Å²) in [5.74, 6) is 0. The number of ether oxygens (including phenoxy) is 1. The maximum Gasteiger partial charge on any atom is 0.0975 e. The van der Waals surface area contributed by atoms with E-state index in [1.165, 1.54) is 6.42 Å². The van der Waals surface area contributed by atoms with Crippen LogP contribution in [0.25, 0.3) is 0 Å². The molecule has 0 radical (unpaired) electrons. The van der Waals surface area contributed by atoms with Gasteiger partial charge in [-0.25, -0.2) is 0 Å². The maximum absolute atomic E-state index is 5.53. The van der Waals surface area contributed by atoms with Crippen molar-refractivity contribution in [1.82, 2.24) is 10.6 Å². The predicted molar refractivity (Wildman–Crippen MR) is 45.5 cm³/mol. The Labute approximate surface area is 68.5 Å². The molecule has 1 spiro atoms. The van der Waals surface area contributed by atoms with Crippen LogP contribution in [0.4, 0.5) is 0 Å². The lowest BCUT2D eigenvalue weighted by Crippen LogP contribution is -2.35. The highest BCUT2D eigenvalue weighted by atomic mass is 16.5. The van der Waals surface area contributed by atoms with Gasteiger partial charge >= 0.3 is 0 Å².